The minimum atomic E-state index is -0.379. The lowest BCUT2D eigenvalue weighted by atomic mass is 9.95. The normalized spacial score (nSPS) is 10.8. The van der Waals surface area contributed by atoms with Crippen LogP contribution in [0.4, 0.5) is 0 Å². The van der Waals surface area contributed by atoms with E-state index in [1.165, 1.54) is 19.4 Å². The largest absolute Gasteiger partial charge is 0.496 e. The number of aryl methyl sites for hydroxylation is 1. The molecule has 298 valence electrons. The summed E-state index contributed by atoms with van der Waals surface area (Å²) in [4.78, 5) is 35.6. The van der Waals surface area contributed by atoms with E-state index in [2.05, 4.69) is 43.3 Å². The number of carbonyl (C=O) groups is 3. The van der Waals surface area contributed by atoms with Crippen LogP contribution >= 0.6 is 0 Å². The first-order valence-corrected chi connectivity index (χ1v) is 18.6. The molecule has 0 saturated heterocycles. The minimum absolute atomic E-state index is 0.140. The van der Waals surface area contributed by atoms with Crippen molar-refractivity contribution in [2.45, 2.75) is 20.8 Å². The molecule has 0 fully saturated rings. The Balaban J connectivity index is 1.28. The Morgan fingerprint density at radius 3 is 1.37 bits per heavy atom. The molecule has 0 spiro atoms. The Bertz CT molecular complexity index is 2110. The standard InChI is InChI=1S/C46H48O11/c1-31-6-8-34(9-7-31)40-17-14-37(28-43(40)50-4)38-15-18-41(44(29-38)51-5)35-10-12-36(13-11-35)46(49)39-16-19-42(56-26-22-52-20-24-54-32(2)47)45(30-39)57-27-23-53-21-25-55-33(3)48/h6-19,28-30H,20-27H2,1-5H3. The molecule has 5 aromatic carbocycles. The van der Waals surface area contributed by atoms with E-state index in [1.54, 1.807) is 44.6 Å². The van der Waals surface area contributed by atoms with Gasteiger partial charge >= 0.3 is 11.9 Å². The smallest absolute Gasteiger partial charge is 0.302 e. The highest BCUT2D eigenvalue weighted by molar-refractivity contribution is 6.09. The third-order valence-corrected chi connectivity index (χ3v) is 8.80. The van der Waals surface area contributed by atoms with Gasteiger partial charge in [-0.2, -0.15) is 0 Å². The topological polar surface area (TPSA) is 125 Å². The average Bonchev–Trinajstić information content (AvgIpc) is 3.22. The Kier molecular flexibility index (Phi) is 15.6. The van der Waals surface area contributed by atoms with Gasteiger partial charge in [0, 0.05) is 36.1 Å². The zero-order valence-electron chi connectivity index (χ0n) is 33.0. The van der Waals surface area contributed by atoms with Crippen LogP contribution in [-0.2, 0) is 28.5 Å². The second-order valence-electron chi connectivity index (χ2n) is 12.9. The van der Waals surface area contributed by atoms with Gasteiger partial charge in [-0.15, -0.1) is 0 Å². The van der Waals surface area contributed by atoms with Crippen molar-refractivity contribution in [1.29, 1.82) is 0 Å². The zero-order chi connectivity index (χ0) is 40.6. The molecule has 0 unspecified atom stereocenters. The van der Waals surface area contributed by atoms with Crippen molar-refractivity contribution in [2.75, 3.05) is 67.1 Å². The summed E-state index contributed by atoms with van der Waals surface area (Å²) in [5.74, 6) is 1.29. The molecule has 0 radical (unpaired) electrons. The molecule has 5 aromatic rings. The fourth-order valence-corrected chi connectivity index (χ4v) is 5.91. The molecule has 57 heavy (non-hydrogen) atoms. The van der Waals surface area contributed by atoms with Gasteiger partial charge in [0.05, 0.1) is 40.6 Å². The lowest BCUT2D eigenvalue weighted by molar-refractivity contribution is -0.143. The fraction of sp³-hybridized carbons (Fsp3) is 0.283. The van der Waals surface area contributed by atoms with Crippen LogP contribution in [0.2, 0.25) is 0 Å². The molecule has 0 bridgehead atoms. The van der Waals surface area contributed by atoms with Crippen molar-refractivity contribution in [3.05, 3.63) is 120 Å². The maximum Gasteiger partial charge on any atom is 0.302 e. The quantitative estimate of drug-likeness (QED) is 0.0407. The maximum atomic E-state index is 13.7. The van der Waals surface area contributed by atoms with Gasteiger partial charge in [0.15, 0.2) is 17.3 Å². The van der Waals surface area contributed by atoms with Gasteiger partial charge in [-0.25, -0.2) is 0 Å². The highest BCUT2D eigenvalue weighted by atomic mass is 16.6. The number of hydrogen-bond donors (Lipinski definition) is 0. The summed E-state index contributed by atoms with van der Waals surface area (Å²) in [6.07, 6.45) is 0. The van der Waals surface area contributed by atoms with E-state index in [4.69, 9.17) is 37.9 Å². The van der Waals surface area contributed by atoms with Gasteiger partial charge in [0.2, 0.25) is 0 Å². The summed E-state index contributed by atoms with van der Waals surface area (Å²) >= 11 is 0. The molecule has 0 aliphatic rings. The van der Waals surface area contributed by atoms with Crippen LogP contribution in [0.1, 0.15) is 35.3 Å². The van der Waals surface area contributed by atoms with Gasteiger partial charge in [-0.3, -0.25) is 14.4 Å². The molecule has 0 aliphatic carbocycles. The molecule has 0 amide bonds. The molecule has 11 nitrogen and oxygen atoms in total. The molecular weight excluding hydrogens is 728 g/mol. The Hall–Kier alpha value is -6.17. The number of benzene rings is 5. The van der Waals surface area contributed by atoms with E-state index in [0.717, 1.165) is 39.1 Å². The zero-order valence-corrected chi connectivity index (χ0v) is 33.0. The van der Waals surface area contributed by atoms with Crippen molar-refractivity contribution in [3.63, 3.8) is 0 Å². The second-order valence-corrected chi connectivity index (χ2v) is 12.9. The number of esters is 2. The summed E-state index contributed by atoms with van der Waals surface area (Å²) < 4.78 is 44.2. The molecular formula is C46H48O11. The molecule has 11 heteroatoms. The van der Waals surface area contributed by atoms with Gasteiger partial charge in [-0.1, -0.05) is 78.4 Å². The van der Waals surface area contributed by atoms with Gasteiger partial charge in [0.1, 0.15) is 37.9 Å². The third kappa shape index (κ3) is 12.2. The minimum Gasteiger partial charge on any atom is -0.496 e. The number of ether oxygens (including phenoxy) is 8. The van der Waals surface area contributed by atoms with Crippen molar-refractivity contribution in [3.8, 4) is 56.4 Å². The Morgan fingerprint density at radius 1 is 0.439 bits per heavy atom. The van der Waals surface area contributed by atoms with E-state index >= 15 is 0 Å². The SMILES string of the molecule is COc1cc(-c2ccc(-c3ccc(C(=O)c4ccc(OCCOCCOC(C)=O)c(OCCOCCOC(C)=O)c4)cc3)c(OC)c2)ccc1-c1ccc(C)cc1. The van der Waals surface area contributed by atoms with Crippen LogP contribution in [0.25, 0.3) is 33.4 Å². The van der Waals surface area contributed by atoms with E-state index in [0.29, 0.717) is 28.4 Å². The predicted molar refractivity (Wildman–Crippen MR) is 216 cm³/mol. The Labute approximate surface area is 333 Å². The number of methoxy groups -OCH3 is 2. The first kappa shape index (κ1) is 42.0. The third-order valence-electron chi connectivity index (χ3n) is 8.80. The van der Waals surface area contributed by atoms with Crippen molar-refractivity contribution in [2.24, 2.45) is 0 Å². The van der Waals surface area contributed by atoms with Gasteiger partial charge < -0.3 is 37.9 Å². The summed E-state index contributed by atoms with van der Waals surface area (Å²) in [6, 6.07) is 33.0. The summed E-state index contributed by atoms with van der Waals surface area (Å²) in [6.45, 7) is 6.31. The molecule has 0 aliphatic heterocycles. The predicted octanol–water partition coefficient (Wildman–Crippen LogP) is 8.16. The first-order chi connectivity index (χ1) is 27.7. The monoisotopic (exact) mass is 776 g/mol. The molecule has 0 atom stereocenters. The molecule has 0 saturated carbocycles. The van der Waals surface area contributed by atoms with E-state index in [9.17, 15) is 14.4 Å². The Morgan fingerprint density at radius 2 is 0.877 bits per heavy atom. The van der Waals surface area contributed by atoms with Crippen LogP contribution < -0.4 is 18.9 Å². The second kappa shape index (κ2) is 21.2. The lowest BCUT2D eigenvalue weighted by Gasteiger charge is -2.15. The van der Waals surface area contributed by atoms with E-state index in [-0.39, 0.29) is 70.6 Å². The molecule has 0 N–H and O–H groups in total. The van der Waals surface area contributed by atoms with Gasteiger partial charge in [-0.05, 0) is 59.5 Å². The van der Waals surface area contributed by atoms with Crippen LogP contribution in [0, 0.1) is 6.92 Å². The number of rotatable bonds is 21. The molecule has 0 aromatic heterocycles. The fourth-order valence-electron chi connectivity index (χ4n) is 5.91. The van der Waals surface area contributed by atoms with Crippen LogP contribution in [0.5, 0.6) is 23.0 Å². The summed E-state index contributed by atoms with van der Waals surface area (Å²) in [7, 11) is 3.32. The maximum absolute atomic E-state index is 13.7. The van der Waals surface area contributed by atoms with E-state index in [1.807, 2.05) is 36.4 Å². The summed E-state index contributed by atoms with van der Waals surface area (Å²) in [5.41, 5.74) is 7.93. The van der Waals surface area contributed by atoms with Crippen molar-refractivity contribution in [1.82, 2.24) is 0 Å². The van der Waals surface area contributed by atoms with Crippen LogP contribution in [0.3, 0.4) is 0 Å². The van der Waals surface area contributed by atoms with Gasteiger partial charge in [0.25, 0.3) is 0 Å². The van der Waals surface area contributed by atoms with Crippen molar-refractivity contribution < 1.29 is 52.3 Å². The van der Waals surface area contributed by atoms with Crippen LogP contribution in [0.15, 0.2) is 103 Å². The highest BCUT2D eigenvalue weighted by Gasteiger charge is 2.16. The summed E-state index contributed by atoms with van der Waals surface area (Å²) in [5, 5.41) is 0. The van der Waals surface area contributed by atoms with Crippen LogP contribution in [-0.4, -0.2) is 84.8 Å². The molecule has 5 rings (SSSR count). The lowest BCUT2D eigenvalue weighted by Crippen LogP contribution is -2.14. The number of ketones is 1. The average molecular weight is 777 g/mol. The molecule has 0 heterocycles. The highest BCUT2D eigenvalue weighted by Crippen LogP contribution is 2.38. The van der Waals surface area contributed by atoms with E-state index < -0.39 is 0 Å². The first-order valence-electron chi connectivity index (χ1n) is 18.6. The number of hydrogen-bond acceptors (Lipinski definition) is 11. The van der Waals surface area contributed by atoms with Crippen molar-refractivity contribution >= 4 is 17.7 Å². The number of carbonyl (C=O) groups excluding carboxylic acids is 3.